The molecule has 0 aliphatic heterocycles. The first-order valence-electron chi connectivity index (χ1n) is 8.70. The first-order valence-corrected chi connectivity index (χ1v) is 10.7. The molecule has 2 aromatic heterocycles. The van der Waals surface area contributed by atoms with Crippen molar-refractivity contribution in [1.82, 2.24) is 10.1 Å². The largest absolute Gasteiger partial charge is 0.360 e. The Morgan fingerprint density at radius 3 is 2.55 bits per heavy atom. The highest BCUT2D eigenvalue weighted by atomic mass is 79.9. The van der Waals surface area contributed by atoms with Gasteiger partial charge in [0.1, 0.15) is 17.0 Å². The van der Waals surface area contributed by atoms with E-state index in [4.69, 9.17) is 16.1 Å². The van der Waals surface area contributed by atoms with Crippen molar-refractivity contribution >= 4 is 49.9 Å². The summed E-state index contributed by atoms with van der Waals surface area (Å²) in [5, 5.41) is 7.93. The lowest BCUT2D eigenvalue weighted by molar-refractivity contribution is 0.102. The average molecular weight is 489 g/mol. The number of thiazole rings is 1. The molecule has 146 valence electrons. The lowest BCUT2D eigenvalue weighted by Gasteiger charge is -2.04. The lowest BCUT2D eigenvalue weighted by Crippen LogP contribution is -2.13. The fourth-order valence-electron chi connectivity index (χ4n) is 2.96. The zero-order valence-corrected chi connectivity index (χ0v) is 18.7. The number of carbonyl (C=O) groups is 1. The first-order chi connectivity index (χ1) is 13.9. The van der Waals surface area contributed by atoms with E-state index >= 15 is 0 Å². The normalized spacial score (nSPS) is 10.9. The molecule has 0 aliphatic rings. The van der Waals surface area contributed by atoms with Gasteiger partial charge in [0.25, 0.3) is 5.91 Å². The Labute approximate surface area is 184 Å². The van der Waals surface area contributed by atoms with Crippen LogP contribution in [-0.2, 0) is 0 Å². The van der Waals surface area contributed by atoms with E-state index in [1.807, 2.05) is 43.3 Å². The van der Waals surface area contributed by atoms with Crippen LogP contribution < -0.4 is 5.32 Å². The maximum absolute atomic E-state index is 13.0. The number of nitrogens with one attached hydrogen (secondary N) is 1. The van der Waals surface area contributed by atoms with Gasteiger partial charge in [-0.3, -0.25) is 10.1 Å². The molecule has 0 unspecified atom stereocenters. The number of anilines is 1. The number of hydrogen-bond acceptors (Lipinski definition) is 5. The van der Waals surface area contributed by atoms with Crippen molar-refractivity contribution in [3.63, 3.8) is 0 Å². The predicted octanol–water partition coefficient (Wildman–Crippen LogP) is 6.75. The van der Waals surface area contributed by atoms with Crippen LogP contribution in [0.5, 0.6) is 0 Å². The number of carbonyl (C=O) groups excluding carboxylic acids is 1. The van der Waals surface area contributed by atoms with Gasteiger partial charge >= 0.3 is 0 Å². The molecule has 0 fully saturated rings. The second-order valence-corrected chi connectivity index (χ2v) is 8.85. The molecule has 2 heterocycles. The van der Waals surface area contributed by atoms with E-state index in [2.05, 4.69) is 31.4 Å². The van der Waals surface area contributed by atoms with E-state index in [9.17, 15) is 4.79 Å². The smallest absolute Gasteiger partial charge is 0.263 e. The molecule has 0 radical (unpaired) electrons. The van der Waals surface area contributed by atoms with Gasteiger partial charge in [0, 0.05) is 20.5 Å². The van der Waals surface area contributed by atoms with E-state index in [-0.39, 0.29) is 5.91 Å². The van der Waals surface area contributed by atoms with Crippen LogP contribution in [-0.4, -0.2) is 16.0 Å². The Kier molecular flexibility index (Phi) is 5.54. The van der Waals surface area contributed by atoms with Crippen molar-refractivity contribution in [2.24, 2.45) is 0 Å². The highest BCUT2D eigenvalue weighted by Gasteiger charge is 2.24. The fraction of sp³-hybridized carbons (Fsp3) is 0.0952. The van der Waals surface area contributed by atoms with Crippen LogP contribution >= 0.6 is 38.9 Å². The summed E-state index contributed by atoms with van der Waals surface area (Å²) in [6, 6.07) is 15.1. The van der Waals surface area contributed by atoms with E-state index in [0.29, 0.717) is 32.7 Å². The summed E-state index contributed by atoms with van der Waals surface area (Å²) in [5.41, 5.74) is 3.22. The second-order valence-electron chi connectivity index (χ2n) is 6.33. The number of hydrogen-bond donors (Lipinski definition) is 1. The van der Waals surface area contributed by atoms with Gasteiger partial charge in [-0.05, 0) is 32.0 Å². The summed E-state index contributed by atoms with van der Waals surface area (Å²) in [6.45, 7) is 3.67. The summed E-state index contributed by atoms with van der Waals surface area (Å²) < 4.78 is 6.28. The molecule has 4 rings (SSSR count). The third-order valence-corrected chi connectivity index (χ3v) is 6.10. The van der Waals surface area contributed by atoms with Crippen LogP contribution in [0, 0.1) is 13.8 Å². The highest BCUT2D eigenvalue weighted by molar-refractivity contribution is 9.10. The van der Waals surface area contributed by atoms with Crippen molar-refractivity contribution in [2.75, 3.05) is 5.32 Å². The topological polar surface area (TPSA) is 68.0 Å². The van der Waals surface area contributed by atoms with Crippen LogP contribution in [0.1, 0.15) is 21.0 Å². The van der Waals surface area contributed by atoms with Crippen LogP contribution in [0.3, 0.4) is 0 Å². The summed E-state index contributed by atoms with van der Waals surface area (Å²) in [7, 11) is 0. The number of amides is 1. The Hall–Kier alpha value is -2.48. The summed E-state index contributed by atoms with van der Waals surface area (Å²) >= 11 is 11.1. The quantitative estimate of drug-likeness (QED) is 0.345. The predicted molar refractivity (Wildman–Crippen MR) is 120 cm³/mol. The second kappa shape index (κ2) is 8.10. The van der Waals surface area contributed by atoms with Crippen LogP contribution in [0.2, 0.25) is 5.02 Å². The average Bonchev–Trinajstić information content (AvgIpc) is 3.25. The lowest BCUT2D eigenvalue weighted by atomic mass is 10.1. The van der Waals surface area contributed by atoms with Crippen LogP contribution in [0.15, 0.2) is 57.5 Å². The molecule has 2 aromatic carbocycles. The van der Waals surface area contributed by atoms with Gasteiger partial charge in [-0.2, -0.15) is 0 Å². The zero-order valence-electron chi connectivity index (χ0n) is 15.5. The van der Waals surface area contributed by atoms with Crippen molar-refractivity contribution in [3.8, 4) is 22.5 Å². The molecular weight excluding hydrogens is 474 g/mol. The maximum atomic E-state index is 13.0. The van der Waals surface area contributed by atoms with E-state index in [1.54, 1.807) is 19.1 Å². The van der Waals surface area contributed by atoms with Crippen molar-refractivity contribution < 1.29 is 9.32 Å². The Balaban J connectivity index is 1.65. The van der Waals surface area contributed by atoms with Gasteiger partial charge in [0.05, 0.1) is 10.7 Å². The van der Waals surface area contributed by atoms with Gasteiger partial charge < -0.3 is 4.52 Å². The van der Waals surface area contributed by atoms with Gasteiger partial charge in [-0.25, -0.2) is 4.98 Å². The third-order valence-electron chi connectivity index (χ3n) is 4.35. The SMILES string of the molecule is Cc1onc(-c2ccccc2Cl)c1C(=O)Nc1nc(-c2ccc(Br)cc2)c(C)s1. The van der Waals surface area contributed by atoms with Crippen molar-refractivity contribution in [2.45, 2.75) is 13.8 Å². The molecule has 0 atom stereocenters. The number of rotatable bonds is 4. The molecule has 0 saturated heterocycles. The number of halogens is 2. The molecule has 1 N–H and O–H groups in total. The molecule has 0 aliphatic carbocycles. The number of aryl methyl sites for hydroxylation is 2. The number of nitrogens with zero attached hydrogens (tertiary/aromatic N) is 2. The zero-order chi connectivity index (χ0) is 20.5. The van der Waals surface area contributed by atoms with Gasteiger partial charge in [0.15, 0.2) is 5.13 Å². The van der Waals surface area contributed by atoms with Gasteiger partial charge in [-0.1, -0.05) is 63.0 Å². The van der Waals surface area contributed by atoms with Gasteiger partial charge in [0.2, 0.25) is 0 Å². The van der Waals surface area contributed by atoms with Crippen LogP contribution in [0.4, 0.5) is 5.13 Å². The van der Waals surface area contributed by atoms with Crippen molar-refractivity contribution in [1.29, 1.82) is 0 Å². The first kappa shape index (κ1) is 19.8. The standard InChI is InChI=1S/C21H15BrClN3O2S/c1-11-17(19(26-28-11)15-5-3-4-6-16(15)23)20(27)25-21-24-18(12(2)29-21)13-7-9-14(22)10-8-13/h3-10H,1-2H3,(H,24,25,27). The van der Waals surface area contributed by atoms with Gasteiger partial charge in [-0.15, -0.1) is 11.3 Å². The van der Waals surface area contributed by atoms with E-state index in [0.717, 1.165) is 20.6 Å². The van der Waals surface area contributed by atoms with E-state index in [1.165, 1.54) is 11.3 Å². The molecule has 8 heteroatoms. The fourth-order valence-corrected chi connectivity index (χ4v) is 4.28. The molecular formula is C21H15BrClN3O2S. The molecule has 0 spiro atoms. The molecule has 5 nitrogen and oxygen atoms in total. The Morgan fingerprint density at radius 1 is 1.10 bits per heavy atom. The van der Waals surface area contributed by atoms with Crippen LogP contribution in [0.25, 0.3) is 22.5 Å². The molecule has 29 heavy (non-hydrogen) atoms. The maximum Gasteiger partial charge on any atom is 0.263 e. The summed E-state index contributed by atoms with van der Waals surface area (Å²) in [6.07, 6.45) is 0. The summed E-state index contributed by atoms with van der Waals surface area (Å²) in [5.74, 6) is 0.0774. The minimum atomic E-state index is -0.338. The van der Waals surface area contributed by atoms with E-state index < -0.39 is 0 Å². The molecule has 1 amide bonds. The third kappa shape index (κ3) is 3.99. The number of benzene rings is 2. The summed E-state index contributed by atoms with van der Waals surface area (Å²) in [4.78, 5) is 18.6. The monoisotopic (exact) mass is 487 g/mol. The Bertz CT molecular complexity index is 1200. The Morgan fingerprint density at radius 2 is 1.83 bits per heavy atom. The molecule has 4 aromatic rings. The molecule has 0 saturated carbocycles. The minimum Gasteiger partial charge on any atom is -0.360 e. The highest BCUT2D eigenvalue weighted by Crippen LogP contribution is 2.34. The molecule has 0 bridgehead atoms. The minimum absolute atomic E-state index is 0.338. The number of aromatic nitrogens is 2. The van der Waals surface area contributed by atoms with Crippen molar-refractivity contribution in [3.05, 3.63) is 74.2 Å².